The minimum atomic E-state index is 0.426. The summed E-state index contributed by atoms with van der Waals surface area (Å²) in [5.41, 5.74) is 13.1. The average Bonchev–Trinajstić information content (AvgIpc) is 3.29. The number of hydrogen-bond acceptors (Lipinski definition) is 4. The molecule has 3 aromatic heterocycles. The summed E-state index contributed by atoms with van der Waals surface area (Å²) >= 11 is 0. The van der Waals surface area contributed by atoms with Gasteiger partial charge in [-0.2, -0.15) is 5.10 Å². The zero-order chi connectivity index (χ0) is 17.5. The Morgan fingerprint density at radius 1 is 1.04 bits per heavy atom. The van der Waals surface area contributed by atoms with Crippen molar-refractivity contribution in [2.45, 2.75) is 25.9 Å². The summed E-state index contributed by atoms with van der Waals surface area (Å²) in [6, 6.07) is 16.3. The highest BCUT2D eigenvalue weighted by atomic mass is 15.3. The predicted octanol–water partition coefficient (Wildman–Crippen LogP) is 3.57. The summed E-state index contributed by atoms with van der Waals surface area (Å²) in [6.45, 7) is 1.39. The van der Waals surface area contributed by atoms with E-state index in [0.29, 0.717) is 6.54 Å². The van der Waals surface area contributed by atoms with Crippen molar-refractivity contribution < 1.29 is 0 Å². The number of pyridine rings is 2. The minimum Gasteiger partial charge on any atom is -0.325 e. The molecule has 5 nitrogen and oxygen atoms in total. The van der Waals surface area contributed by atoms with E-state index in [1.54, 1.807) is 0 Å². The van der Waals surface area contributed by atoms with Crippen molar-refractivity contribution in [1.29, 1.82) is 0 Å². The van der Waals surface area contributed by atoms with Crippen molar-refractivity contribution in [3.63, 3.8) is 0 Å². The maximum atomic E-state index is 5.80. The van der Waals surface area contributed by atoms with Gasteiger partial charge in [0, 0.05) is 35.9 Å². The second-order valence-corrected chi connectivity index (χ2v) is 6.59. The highest BCUT2D eigenvalue weighted by Gasteiger charge is 2.25. The molecule has 0 fully saturated rings. The highest BCUT2D eigenvalue weighted by Crippen LogP contribution is 2.39. The first kappa shape index (κ1) is 15.2. The molecule has 5 rings (SSSR count). The van der Waals surface area contributed by atoms with Gasteiger partial charge in [-0.25, -0.2) is 4.98 Å². The monoisotopic (exact) mass is 341 g/mol. The van der Waals surface area contributed by atoms with E-state index in [2.05, 4.69) is 33.9 Å². The van der Waals surface area contributed by atoms with Crippen LogP contribution in [0.3, 0.4) is 0 Å². The molecule has 0 saturated heterocycles. The largest absolute Gasteiger partial charge is 0.325 e. The molecular formula is C21H19N5. The van der Waals surface area contributed by atoms with Gasteiger partial charge in [0.05, 0.1) is 16.9 Å². The topological polar surface area (TPSA) is 69.6 Å². The van der Waals surface area contributed by atoms with Crippen LogP contribution in [0, 0.1) is 0 Å². The molecule has 128 valence electrons. The van der Waals surface area contributed by atoms with Crippen molar-refractivity contribution in [2.24, 2.45) is 5.73 Å². The second-order valence-electron chi connectivity index (χ2n) is 6.59. The Kier molecular flexibility index (Phi) is 3.53. The van der Waals surface area contributed by atoms with Crippen LogP contribution in [0.25, 0.3) is 33.4 Å². The van der Waals surface area contributed by atoms with Crippen molar-refractivity contribution in [2.75, 3.05) is 0 Å². The Balaban J connectivity index is 1.81. The van der Waals surface area contributed by atoms with Crippen LogP contribution in [0.5, 0.6) is 0 Å². The second kappa shape index (κ2) is 6.04. The molecule has 1 aliphatic rings. The highest BCUT2D eigenvalue weighted by molar-refractivity contribution is 5.98. The van der Waals surface area contributed by atoms with Gasteiger partial charge in [-0.05, 0) is 42.7 Å². The third-order valence-corrected chi connectivity index (χ3v) is 5.02. The first-order valence-corrected chi connectivity index (χ1v) is 8.95. The van der Waals surface area contributed by atoms with Crippen LogP contribution in [0.2, 0.25) is 0 Å². The number of benzene rings is 1. The Morgan fingerprint density at radius 2 is 1.96 bits per heavy atom. The van der Waals surface area contributed by atoms with Crippen LogP contribution in [0.1, 0.15) is 17.8 Å². The maximum Gasteiger partial charge on any atom is 0.119 e. The van der Waals surface area contributed by atoms with Crippen molar-refractivity contribution in [3.05, 3.63) is 66.1 Å². The van der Waals surface area contributed by atoms with E-state index in [1.165, 1.54) is 16.8 Å². The molecule has 0 radical (unpaired) electrons. The van der Waals surface area contributed by atoms with Crippen LogP contribution in [-0.4, -0.2) is 19.7 Å². The number of fused-ring (bicyclic) bond motifs is 2. The quantitative estimate of drug-likeness (QED) is 0.618. The number of hydrogen-bond donors (Lipinski definition) is 1. The number of aromatic nitrogens is 4. The summed E-state index contributed by atoms with van der Waals surface area (Å²) in [4.78, 5) is 9.24. The van der Waals surface area contributed by atoms with Gasteiger partial charge in [0.15, 0.2) is 0 Å². The first-order chi connectivity index (χ1) is 12.8. The van der Waals surface area contributed by atoms with Crippen LogP contribution < -0.4 is 5.73 Å². The van der Waals surface area contributed by atoms with Gasteiger partial charge >= 0.3 is 0 Å². The Hall–Kier alpha value is -3.05. The molecular weight excluding hydrogens is 322 g/mol. The molecule has 1 aromatic carbocycles. The number of rotatable bonds is 3. The first-order valence-electron chi connectivity index (χ1n) is 8.95. The van der Waals surface area contributed by atoms with Gasteiger partial charge in [0.1, 0.15) is 5.69 Å². The Labute approximate surface area is 151 Å². The van der Waals surface area contributed by atoms with Gasteiger partial charge < -0.3 is 5.73 Å². The van der Waals surface area contributed by atoms with Crippen LogP contribution in [0.15, 0.2) is 54.7 Å². The van der Waals surface area contributed by atoms with E-state index in [4.69, 9.17) is 15.8 Å². The molecule has 0 amide bonds. The normalized spacial score (nSPS) is 13.3. The molecule has 0 saturated carbocycles. The van der Waals surface area contributed by atoms with Crippen molar-refractivity contribution in [3.8, 4) is 22.5 Å². The van der Waals surface area contributed by atoms with Crippen LogP contribution in [-0.2, 0) is 19.5 Å². The van der Waals surface area contributed by atoms with Crippen molar-refractivity contribution >= 4 is 10.9 Å². The lowest BCUT2D eigenvalue weighted by Gasteiger charge is -2.09. The molecule has 2 N–H and O–H groups in total. The Bertz CT molecular complexity index is 1110. The molecule has 0 atom stereocenters. The molecule has 4 heterocycles. The van der Waals surface area contributed by atoms with Gasteiger partial charge in [0.2, 0.25) is 0 Å². The fraction of sp³-hybridized carbons (Fsp3) is 0.190. The maximum absolute atomic E-state index is 5.80. The minimum absolute atomic E-state index is 0.426. The fourth-order valence-electron chi connectivity index (χ4n) is 3.83. The molecule has 0 bridgehead atoms. The lowest BCUT2D eigenvalue weighted by molar-refractivity contribution is 0.658. The molecule has 0 spiro atoms. The molecule has 0 aliphatic carbocycles. The van der Waals surface area contributed by atoms with E-state index in [0.717, 1.165) is 47.4 Å². The zero-order valence-electron chi connectivity index (χ0n) is 14.4. The lowest BCUT2D eigenvalue weighted by atomic mass is 9.96. The van der Waals surface area contributed by atoms with Gasteiger partial charge in [-0.3, -0.25) is 9.67 Å². The fourth-order valence-corrected chi connectivity index (χ4v) is 3.83. The van der Waals surface area contributed by atoms with Gasteiger partial charge in [-0.1, -0.05) is 24.3 Å². The van der Waals surface area contributed by atoms with Crippen LogP contribution in [0.4, 0.5) is 0 Å². The zero-order valence-corrected chi connectivity index (χ0v) is 14.4. The summed E-state index contributed by atoms with van der Waals surface area (Å²) in [7, 11) is 0. The number of nitrogens with two attached hydrogens (primary N) is 1. The van der Waals surface area contributed by atoms with Crippen LogP contribution >= 0.6 is 0 Å². The van der Waals surface area contributed by atoms with E-state index < -0.39 is 0 Å². The summed E-state index contributed by atoms with van der Waals surface area (Å²) < 4.78 is 2.14. The average molecular weight is 341 g/mol. The molecule has 1 aliphatic heterocycles. The predicted molar refractivity (Wildman–Crippen MR) is 102 cm³/mol. The molecule has 4 aromatic rings. The third kappa shape index (κ3) is 2.32. The van der Waals surface area contributed by atoms with Gasteiger partial charge in [-0.15, -0.1) is 0 Å². The molecule has 0 unspecified atom stereocenters. The summed E-state index contributed by atoms with van der Waals surface area (Å²) in [6.07, 6.45) is 4.05. The number of aryl methyl sites for hydroxylation is 1. The standard InChI is InChI=1S/C21H19N5/c22-13-14-5-3-8-18(24-14)21-20(19-9-4-12-26(19)25-21)16-10-11-23-17-7-2-1-6-15(16)17/h1-3,5-8,10-11H,4,9,12-13,22H2. The van der Waals surface area contributed by atoms with E-state index in [-0.39, 0.29) is 0 Å². The third-order valence-electron chi connectivity index (χ3n) is 5.02. The Morgan fingerprint density at radius 3 is 2.88 bits per heavy atom. The van der Waals surface area contributed by atoms with E-state index >= 15 is 0 Å². The van der Waals surface area contributed by atoms with Crippen molar-refractivity contribution in [1.82, 2.24) is 19.7 Å². The summed E-state index contributed by atoms with van der Waals surface area (Å²) in [5, 5.41) is 6.06. The number of nitrogens with zero attached hydrogens (tertiary/aromatic N) is 4. The van der Waals surface area contributed by atoms with E-state index in [1.807, 2.05) is 30.5 Å². The lowest BCUT2D eigenvalue weighted by Crippen LogP contribution is -2.01. The summed E-state index contributed by atoms with van der Waals surface area (Å²) in [5.74, 6) is 0. The van der Waals surface area contributed by atoms with E-state index in [9.17, 15) is 0 Å². The molecule has 26 heavy (non-hydrogen) atoms. The molecule has 5 heteroatoms. The smallest absolute Gasteiger partial charge is 0.119 e. The van der Waals surface area contributed by atoms with Gasteiger partial charge in [0.25, 0.3) is 0 Å². The number of para-hydroxylation sites is 1. The SMILES string of the molecule is NCc1cccc(-c2nn3c(c2-c2ccnc4ccccc24)CCC3)n1.